The van der Waals surface area contributed by atoms with Crippen LogP contribution < -0.4 is 10.5 Å². The molecule has 0 aliphatic heterocycles. The Balaban J connectivity index is 2.35. The van der Waals surface area contributed by atoms with Crippen LogP contribution in [0, 0.1) is 13.8 Å². The molecule has 3 heteroatoms. The van der Waals surface area contributed by atoms with E-state index >= 15 is 0 Å². The van der Waals surface area contributed by atoms with Gasteiger partial charge in [-0.15, -0.1) is 0 Å². The zero-order valence-electron chi connectivity index (χ0n) is 12.1. The Morgan fingerprint density at radius 1 is 1.15 bits per heavy atom. The first-order valence-electron chi connectivity index (χ1n) is 6.82. The summed E-state index contributed by atoms with van der Waals surface area (Å²) in [7, 11) is 0. The van der Waals surface area contributed by atoms with Crippen LogP contribution in [-0.4, -0.2) is 0 Å². The average molecular weight is 334 g/mol. The first-order valence-corrected chi connectivity index (χ1v) is 7.61. The SMILES string of the molecule is CC[C@@H](N)c1ccccc1Oc1cc(C)c(Br)c(C)c1. The third kappa shape index (κ3) is 3.22. The second-order valence-electron chi connectivity index (χ2n) is 5.03. The normalized spacial score (nSPS) is 12.2. The predicted octanol–water partition coefficient (Wildman–Crippen LogP) is 5.27. The van der Waals surface area contributed by atoms with E-state index in [9.17, 15) is 0 Å². The number of benzene rings is 2. The lowest BCUT2D eigenvalue weighted by molar-refractivity contribution is 0.468. The summed E-state index contributed by atoms with van der Waals surface area (Å²) >= 11 is 3.57. The summed E-state index contributed by atoms with van der Waals surface area (Å²) < 4.78 is 7.18. The zero-order valence-corrected chi connectivity index (χ0v) is 13.7. The molecule has 0 aromatic heterocycles. The molecule has 0 heterocycles. The highest BCUT2D eigenvalue weighted by Gasteiger charge is 2.11. The standard InChI is InChI=1S/C17H20BrNO/c1-4-15(19)14-7-5-6-8-16(14)20-13-9-11(2)17(18)12(3)10-13/h5-10,15H,4,19H2,1-3H3/t15-/m1/s1. The fraction of sp³-hybridized carbons (Fsp3) is 0.294. The van der Waals surface area contributed by atoms with E-state index in [4.69, 9.17) is 10.5 Å². The van der Waals surface area contributed by atoms with Crippen molar-refractivity contribution in [3.05, 3.63) is 57.6 Å². The van der Waals surface area contributed by atoms with Gasteiger partial charge >= 0.3 is 0 Å². The van der Waals surface area contributed by atoms with Gasteiger partial charge in [0.2, 0.25) is 0 Å². The maximum atomic E-state index is 6.15. The van der Waals surface area contributed by atoms with E-state index in [1.165, 1.54) is 0 Å². The van der Waals surface area contributed by atoms with Crippen LogP contribution in [0.15, 0.2) is 40.9 Å². The molecule has 106 valence electrons. The fourth-order valence-corrected chi connectivity index (χ4v) is 2.42. The third-order valence-electron chi connectivity index (χ3n) is 3.40. The molecule has 0 radical (unpaired) electrons. The van der Waals surface area contributed by atoms with Crippen LogP contribution >= 0.6 is 15.9 Å². The Hall–Kier alpha value is -1.32. The zero-order chi connectivity index (χ0) is 14.7. The van der Waals surface area contributed by atoms with Gasteiger partial charge in [0.1, 0.15) is 11.5 Å². The lowest BCUT2D eigenvalue weighted by Crippen LogP contribution is -2.09. The molecule has 20 heavy (non-hydrogen) atoms. The highest BCUT2D eigenvalue weighted by molar-refractivity contribution is 9.10. The van der Waals surface area contributed by atoms with Crippen molar-refractivity contribution in [2.24, 2.45) is 5.73 Å². The van der Waals surface area contributed by atoms with Crippen molar-refractivity contribution in [2.75, 3.05) is 0 Å². The molecule has 2 aromatic rings. The number of rotatable bonds is 4. The number of ether oxygens (including phenoxy) is 1. The Morgan fingerprint density at radius 2 is 1.75 bits per heavy atom. The van der Waals surface area contributed by atoms with Gasteiger partial charge in [-0.05, 0) is 49.6 Å². The fourth-order valence-electron chi connectivity index (χ4n) is 2.19. The minimum atomic E-state index is 0.00356. The number of nitrogens with two attached hydrogens (primary N) is 1. The van der Waals surface area contributed by atoms with Gasteiger partial charge in [0.25, 0.3) is 0 Å². The van der Waals surface area contributed by atoms with Gasteiger partial charge in [-0.1, -0.05) is 41.1 Å². The van der Waals surface area contributed by atoms with Crippen LogP contribution in [0.2, 0.25) is 0 Å². The molecule has 0 unspecified atom stereocenters. The lowest BCUT2D eigenvalue weighted by atomic mass is 10.0. The molecule has 2 aromatic carbocycles. The summed E-state index contributed by atoms with van der Waals surface area (Å²) in [6.45, 7) is 6.20. The van der Waals surface area contributed by atoms with Gasteiger partial charge in [0.15, 0.2) is 0 Å². The van der Waals surface area contributed by atoms with E-state index in [2.05, 4.69) is 36.7 Å². The number of aryl methyl sites for hydroxylation is 2. The largest absolute Gasteiger partial charge is 0.457 e. The summed E-state index contributed by atoms with van der Waals surface area (Å²) in [5, 5.41) is 0. The number of para-hydroxylation sites is 1. The topological polar surface area (TPSA) is 35.2 Å². The second kappa shape index (κ2) is 6.42. The molecule has 0 amide bonds. The molecular weight excluding hydrogens is 314 g/mol. The summed E-state index contributed by atoms with van der Waals surface area (Å²) in [5.74, 6) is 1.68. The van der Waals surface area contributed by atoms with Crippen molar-refractivity contribution in [2.45, 2.75) is 33.2 Å². The Labute approximate surface area is 129 Å². The summed E-state index contributed by atoms with van der Waals surface area (Å²) in [6.07, 6.45) is 0.888. The highest BCUT2D eigenvalue weighted by atomic mass is 79.9. The Bertz CT molecular complexity index is 587. The Morgan fingerprint density at radius 3 is 2.35 bits per heavy atom. The predicted molar refractivity (Wildman–Crippen MR) is 87.4 cm³/mol. The van der Waals surface area contributed by atoms with E-state index in [0.717, 1.165) is 39.1 Å². The molecule has 0 aliphatic carbocycles. The van der Waals surface area contributed by atoms with Crippen molar-refractivity contribution in [3.8, 4) is 11.5 Å². The van der Waals surface area contributed by atoms with Crippen LogP contribution in [0.3, 0.4) is 0 Å². The molecule has 2 N–H and O–H groups in total. The third-order valence-corrected chi connectivity index (χ3v) is 4.65. The molecule has 0 fully saturated rings. The van der Waals surface area contributed by atoms with Gasteiger partial charge in [-0.2, -0.15) is 0 Å². The summed E-state index contributed by atoms with van der Waals surface area (Å²) in [5.41, 5.74) is 9.52. The van der Waals surface area contributed by atoms with Gasteiger partial charge in [-0.25, -0.2) is 0 Å². The molecule has 0 aliphatic rings. The van der Waals surface area contributed by atoms with Crippen molar-refractivity contribution < 1.29 is 4.74 Å². The van der Waals surface area contributed by atoms with E-state index in [1.807, 2.05) is 36.4 Å². The molecular formula is C17H20BrNO. The van der Waals surface area contributed by atoms with Crippen molar-refractivity contribution in [1.82, 2.24) is 0 Å². The van der Waals surface area contributed by atoms with Gasteiger partial charge in [0.05, 0.1) is 0 Å². The van der Waals surface area contributed by atoms with E-state index < -0.39 is 0 Å². The van der Waals surface area contributed by atoms with Gasteiger partial charge in [0, 0.05) is 16.1 Å². The van der Waals surface area contributed by atoms with Crippen LogP contribution in [0.5, 0.6) is 11.5 Å². The quantitative estimate of drug-likeness (QED) is 0.827. The number of halogens is 1. The maximum absolute atomic E-state index is 6.15. The first kappa shape index (κ1) is 15.1. The van der Waals surface area contributed by atoms with E-state index in [1.54, 1.807) is 0 Å². The Kier molecular flexibility index (Phi) is 4.84. The summed E-state index contributed by atoms with van der Waals surface area (Å²) in [6, 6.07) is 12.0. The van der Waals surface area contributed by atoms with E-state index in [0.29, 0.717) is 0 Å². The molecule has 0 saturated heterocycles. The summed E-state index contributed by atoms with van der Waals surface area (Å²) in [4.78, 5) is 0. The molecule has 0 saturated carbocycles. The number of hydrogen-bond donors (Lipinski definition) is 1. The minimum Gasteiger partial charge on any atom is -0.457 e. The lowest BCUT2D eigenvalue weighted by Gasteiger charge is -2.16. The minimum absolute atomic E-state index is 0.00356. The molecule has 1 atom stereocenters. The monoisotopic (exact) mass is 333 g/mol. The molecule has 2 rings (SSSR count). The number of hydrogen-bond acceptors (Lipinski definition) is 2. The molecule has 0 spiro atoms. The first-order chi connectivity index (χ1) is 9.52. The second-order valence-corrected chi connectivity index (χ2v) is 5.82. The van der Waals surface area contributed by atoms with Crippen molar-refractivity contribution in [1.29, 1.82) is 0 Å². The highest BCUT2D eigenvalue weighted by Crippen LogP contribution is 2.33. The van der Waals surface area contributed by atoms with Crippen LogP contribution in [0.4, 0.5) is 0 Å². The van der Waals surface area contributed by atoms with Crippen LogP contribution in [-0.2, 0) is 0 Å². The van der Waals surface area contributed by atoms with Crippen molar-refractivity contribution in [3.63, 3.8) is 0 Å². The molecule has 0 bridgehead atoms. The smallest absolute Gasteiger partial charge is 0.132 e. The van der Waals surface area contributed by atoms with Gasteiger partial charge < -0.3 is 10.5 Å². The van der Waals surface area contributed by atoms with Gasteiger partial charge in [-0.3, -0.25) is 0 Å². The van der Waals surface area contributed by atoms with Crippen molar-refractivity contribution >= 4 is 15.9 Å². The average Bonchev–Trinajstić information content (AvgIpc) is 2.44. The van der Waals surface area contributed by atoms with E-state index in [-0.39, 0.29) is 6.04 Å². The van der Waals surface area contributed by atoms with Crippen LogP contribution in [0.1, 0.15) is 36.1 Å². The molecule has 2 nitrogen and oxygen atoms in total. The van der Waals surface area contributed by atoms with Crippen LogP contribution in [0.25, 0.3) is 0 Å². The maximum Gasteiger partial charge on any atom is 0.132 e.